The molecule has 2 amide bonds. The minimum atomic E-state index is -0.447. The first-order chi connectivity index (χ1) is 12.5. The molecule has 1 saturated heterocycles. The van der Waals surface area contributed by atoms with Crippen LogP contribution in [0, 0.1) is 0 Å². The summed E-state index contributed by atoms with van der Waals surface area (Å²) >= 11 is 11.6. The lowest BCUT2D eigenvalue weighted by Crippen LogP contribution is -2.49. The molecule has 1 aliphatic heterocycles. The summed E-state index contributed by atoms with van der Waals surface area (Å²) < 4.78 is 0. The number of carbonyl (C=O) groups is 2. The van der Waals surface area contributed by atoms with E-state index in [1.807, 2.05) is 0 Å². The smallest absolute Gasteiger partial charge is 0.233 e. The zero-order valence-corrected chi connectivity index (χ0v) is 15.2. The van der Waals surface area contributed by atoms with Crippen molar-refractivity contribution in [2.75, 3.05) is 36.4 Å². The maximum Gasteiger partial charge on any atom is 0.233 e. The van der Waals surface area contributed by atoms with Crippen LogP contribution in [0.3, 0.4) is 0 Å². The number of carbonyl (C=O) groups excluding carboxylic acids is 2. The molecule has 2 aromatic rings. The normalized spacial score (nSPS) is 14.2. The Kier molecular flexibility index (Phi) is 5.85. The summed E-state index contributed by atoms with van der Waals surface area (Å²) in [5.41, 5.74) is 0.321. The van der Waals surface area contributed by atoms with Crippen molar-refractivity contribution in [3.05, 3.63) is 41.0 Å². The van der Waals surface area contributed by atoms with E-state index in [0.29, 0.717) is 31.9 Å². The second-order valence-electron chi connectivity index (χ2n) is 5.63. The van der Waals surface area contributed by atoms with Gasteiger partial charge < -0.3 is 15.1 Å². The quantitative estimate of drug-likeness (QED) is 0.628. The van der Waals surface area contributed by atoms with Crippen LogP contribution >= 0.6 is 23.2 Å². The van der Waals surface area contributed by atoms with Crippen LogP contribution in [0.1, 0.15) is 6.42 Å². The lowest BCUT2D eigenvalue weighted by molar-refractivity contribution is -0.134. The van der Waals surface area contributed by atoms with Gasteiger partial charge in [0.2, 0.25) is 11.8 Å². The molecule has 0 aromatic carbocycles. The van der Waals surface area contributed by atoms with Gasteiger partial charge in [0.05, 0.1) is 11.9 Å². The van der Waals surface area contributed by atoms with Crippen molar-refractivity contribution in [2.24, 2.45) is 0 Å². The van der Waals surface area contributed by atoms with Crippen LogP contribution in [0.15, 0.2) is 30.7 Å². The third-order valence-electron chi connectivity index (χ3n) is 3.91. The highest BCUT2D eigenvalue weighted by atomic mass is 35.5. The van der Waals surface area contributed by atoms with Gasteiger partial charge in [-0.05, 0) is 12.1 Å². The van der Waals surface area contributed by atoms with Crippen LogP contribution < -0.4 is 10.2 Å². The van der Waals surface area contributed by atoms with Gasteiger partial charge in [-0.2, -0.15) is 0 Å². The van der Waals surface area contributed by atoms with Crippen molar-refractivity contribution in [1.82, 2.24) is 19.9 Å². The molecule has 136 valence electrons. The third kappa shape index (κ3) is 4.59. The number of amides is 2. The summed E-state index contributed by atoms with van der Waals surface area (Å²) in [6, 6.07) is 3.05. The number of nitrogens with one attached hydrogen (secondary N) is 1. The van der Waals surface area contributed by atoms with E-state index in [1.165, 1.54) is 6.07 Å². The molecule has 26 heavy (non-hydrogen) atoms. The van der Waals surface area contributed by atoms with E-state index in [0.717, 1.165) is 5.82 Å². The van der Waals surface area contributed by atoms with Crippen LogP contribution in [0.4, 0.5) is 11.5 Å². The summed E-state index contributed by atoms with van der Waals surface area (Å²) in [6.07, 6.45) is 4.68. The van der Waals surface area contributed by atoms with Crippen LogP contribution in [-0.4, -0.2) is 57.8 Å². The Morgan fingerprint density at radius 2 is 1.88 bits per heavy atom. The van der Waals surface area contributed by atoms with E-state index in [9.17, 15) is 9.59 Å². The average molecular weight is 395 g/mol. The predicted molar refractivity (Wildman–Crippen MR) is 98.3 cm³/mol. The predicted octanol–water partition coefficient (Wildman–Crippen LogP) is 1.86. The molecular formula is C16H16Cl2N6O2. The van der Waals surface area contributed by atoms with Crippen molar-refractivity contribution in [3.63, 3.8) is 0 Å². The van der Waals surface area contributed by atoms with Crippen LogP contribution in [-0.2, 0) is 9.59 Å². The van der Waals surface area contributed by atoms with Crippen molar-refractivity contribution < 1.29 is 9.59 Å². The number of halogens is 2. The molecule has 0 spiro atoms. The SMILES string of the molecule is O=C(CC(=O)N1CCN(c2cnccn2)CC1)Nc1ccc(Cl)nc1Cl. The van der Waals surface area contributed by atoms with E-state index >= 15 is 0 Å². The standard InChI is InChI=1S/C16H16Cl2N6O2/c17-12-2-1-11(16(18)22-12)21-14(25)9-15(26)24-7-5-23(6-8-24)13-10-19-3-4-20-13/h1-4,10H,5-9H2,(H,21,25). The van der Waals surface area contributed by atoms with E-state index in [-0.39, 0.29) is 22.6 Å². The Morgan fingerprint density at radius 3 is 2.54 bits per heavy atom. The van der Waals surface area contributed by atoms with E-state index in [4.69, 9.17) is 23.2 Å². The molecule has 0 aliphatic carbocycles. The highest BCUT2D eigenvalue weighted by molar-refractivity contribution is 6.34. The number of anilines is 2. The number of aromatic nitrogens is 3. The number of hydrogen-bond donors (Lipinski definition) is 1. The molecule has 0 bridgehead atoms. The fourth-order valence-corrected chi connectivity index (χ4v) is 2.98. The van der Waals surface area contributed by atoms with Gasteiger partial charge in [-0.15, -0.1) is 0 Å². The first-order valence-corrected chi connectivity index (χ1v) is 8.69. The van der Waals surface area contributed by atoms with Crippen LogP contribution in [0.5, 0.6) is 0 Å². The molecule has 1 fully saturated rings. The van der Waals surface area contributed by atoms with Crippen molar-refractivity contribution in [1.29, 1.82) is 0 Å². The number of hydrogen-bond acceptors (Lipinski definition) is 6. The molecule has 1 N–H and O–H groups in total. The van der Waals surface area contributed by atoms with Gasteiger partial charge in [-0.25, -0.2) is 9.97 Å². The highest BCUT2D eigenvalue weighted by Crippen LogP contribution is 2.21. The Morgan fingerprint density at radius 1 is 1.12 bits per heavy atom. The monoisotopic (exact) mass is 394 g/mol. The maximum absolute atomic E-state index is 12.3. The zero-order chi connectivity index (χ0) is 18.5. The van der Waals surface area contributed by atoms with Gasteiger partial charge in [0.25, 0.3) is 0 Å². The molecule has 8 nitrogen and oxygen atoms in total. The van der Waals surface area contributed by atoms with Gasteiger partial charge in [0.1, 0.15) is 17.4 Å². The lowest BCUT2D eigenvalue weighted by atomic mass is 10.2. The molecule has 1 aliphatic rings. The largest absolute Gasteiger partial charge is 0.352 e. The summed E-state index contributed by atoms with van der Waals surface area (Å²) in [7, 11) is 0. The first kappa shape index (κ1) is 18.3. The second-order valence-corrected chi connectivity index (χ2v) is 6.37. The van der Waals surface area contributed by atoms with Gasteiger partial charge >= 0.3 is 0 Å². The van der Waals surface area contributed by atoms with Crippen molar-refractivity contribution >= 4 is 46.5 Å². The molecule has 2 aromatic heterocycles. The Balaban J connectivity index is 1.50. The lowest BCUT2D eigenvalue weighted by Gasteiger charge is -2.35. The average Bonchev–Trinajstić information content (AvgIpc) is 2.65. The van der Waals surface area contributed by atoms with E-state index in [1.54, 1.807) is 29.6 Å². The van der Waals surface area contributed by atoms with Crippen LogP contribution in [0.25, 0.3) is 0 Å². The van der Waals surface area contributed by atoms with E-state index < -0.39 is 5.91 Å². The van der Waals surface area contributed by atoms with Crippen LogP contribution in [0.2, 0.25) is 10.3 Å². The number of piperazine rings is 1. The Bertz CT molecular complexity index is 797. The van der Waals surface area contributed by atoms with Gasteiger partial charge in [0, 0.05) is 38.6 Å². The van der Waals surface area contributed by atoms with Crippen molar-refractivity contribution in [2.45, 2.75) is 6.42 Å². The molecule has 0 saturated carbocycles. The second kappa shape index (κ2) is 8.29. The Hall–Kier alpha value is -2.45. The zero-order valence-electron chi connectivity index (χ0n) is 13.7. The number of nitrogens with zero attached hydrogens (tertiary/aromatic N) is 5. The Labute approximate surface area is 160 Å². The molecule has 0 unspecified atom stereocenters. The summed E-state index contributed by atoms with van der Waals surface area (Å²) in [5, 5.41) is 2.88. The summed E-state index contributed by atoms with van der Waals surface area (Å²) in [5.74, 6) is 0.0962. The molecule has 3 heterocycles. The summed E-state index contributed by atoms with van der Waals surface area (Å²) in [6.45, 7) is 2.32. The van der Waals surface area contributed by atoms with Gasteiger partial charge in [0.15, 0.2) is 5.15 Å². The molecule has 3 rings (SSSR count). The number of pyridine rings is 1. The van der Waals surface area contributed by atoms with Gasteiger partial charge in [-0.3, -0.25) is 14.6 Å². The fourth-order valence-electron chi connectivity index (χ4n) is 2.59. The molecule has 10 heteroatoms. The molecule has 0 radical (unpaired) electrons. The topological polar surface area (TPSA) is 91.3 Å². The number of rotatable bonds is 4. The fraction of sp³-hybridized carbons (Fsp3) is 0.312. The first-order valence-electron chi connectivity index (χ1n) is 7.93. The highest BCUT2D eigenvalue weighted by Gasteiger charge is 2.23. The molecule has 0 atom stereocenters. The van der Waals surface area contributed by atoms with Crippen molar-refractivity contribution in [3.8, 4) is 0 Å². The summed E-state index contributed by atoms with van der Waals surface area (Å²) in [4.78, 5) is 40.3. The maximum atomic E-state index is 12.3. The van der Waals surface area contributed by atoms with Gasteiger partial charge in [-0.1, -0.05) is 23.2 Å². The van der Waals surface area contributed by atoms with E-state index in [2.05, 4.69) is 25.2 Å². The third-order valence-corrected chi connectivity index (χ3v) is 4.41. The minimum absolute atomic E-state index is 0.0795. The molecular weight excluding hydrogens is 379 g/mol. The minimum Gasteiger partial charge on any atom is -0.352 e.